The Morgan fingerprint density at radius 2 is 2.11 bits per heavy atom. The zero-order valence-corrected chi connectivity index (χ0v) is 14.1. The number of ether oxygens (including phenoxy) is 1. The summed E-state index contributed by atoms with van der Waals surface area (Å²) in [4.78, 5) is 1.28. The minimum Gasteiger partial charge on any atom is -0.495 e. The number of methoxy groups -OCH3 is 1. The van der Waals surface area contributed by atoms with E-state index in [1.54, 1.807) is 18.4 Å². The summed E-state index contributed by atoms with van der Waals surface area (Å²) in [5.74, 6) is 0.856. The number of thiophene rings is 1. The molecule has 0 saturated carbocycles. The molecule has 2 nitrogen and oxygen atoms in total. The molecule has 0 aliphatic heterocycles. The summed E-state index contributed by atoms with van der Waals surface area (Å²) < 4.78 is 7.58. The first-order chi connectivity index (χ1) is 8.61. The summed E-state index contributed by atoms with van der Waals surface area (Å²) in [6.07, 6.45) is 0. The van der Waals surface area contributed by atoms with Crippen LogP contribution in [0.1, 0.15) is 10.4 Å². The average molecular weight is 391 g/mol. The highest BCUT2D eigenvalue weighted by Gasteiger charge is 2.09. The van der Waals surface area contributed by atoms with Crippen LogP contribution in [0.4, 0.5) is 5.69 Å². The predicted octanol–water partition coefficient (Wildman–Crippen LogP) is 5.20. The number of rotatable bonds is 4. The molecular weight excluding hydrogens is 378 g/mol. The molecule has 2 rings (SSSR count). The van der Waals surface area contributed by atoms with Crippen LogP contribution in [0.15, 0.2) is 32.5 Å². The largest absolute Gasteiger partial charge is 0.495 e. The molecule has 18 heavy (non-hydrogen) atoms. The first kappa shape index (κ1) is 13.9. The molecule has 0 bridgehead atoms. The molecule has 0 spiro atoms. The molecular formula is C13H13Br2NOS. The van der Waals surface area contributed by atoms with Gasteiger partial charge in [-0.3, -0.25) is 0 Å². The van der Waals surface area contributed by atoms with Gasteiger partial charge in [0.1, 0.15) is 5.75 Å². The van der Waals surface area contributed by atoms with E-state index >= 15 is 0 Å². The highest BCUT2D eigenvalue weighted by Crippen LogP contribution is 2.33. The lowest BCUT2D eigenvalue weighted by molar-refractivity contribution is 0.416. The Balaban J connectivity index is 2.21. The second kappa shape index (κ2) is 6.08. The first-order valence-corrected chi connectivity index (χ1v) is 7.88. The molecule has 0 radical (unpaired) electrons. The van der Waals surface area contributed by atoms with E-state index in [1.165, 1.54) is 4.88 Å². The van der Waals surface area contributed by atoms with E-state index in [4.69, 9.17) is 4.74 Å². The van der Waals surface area contributed by atoms with E-state index in [2.05, 4.69) is 61.6 Å². The maximum atomic E-state index is 5.41. The van der Waals surface area contributed by atoms with Crippen LogP contribution in [0, 0.1) is 6.92 Å². The van der Waals surface area contributed by atoms with Crippen molar-refractivity contribution in [2.75, 3.05) is 12.4 Å². The SMILES string of the molecule is COc1cc(Br)cc(C)c1NCc1sccc1Br. The third kappa shape index (κ3) is 3.08. The zero-order chi connectivity index (χ0) is 13.1. The van der Waals surface area contributed by atoms with Crippen LogP contribution in [-0.2, 0) is 6.54 Å². The van der Waals surface area contributed by atoms with E-state index in [1.807, 2.05) is 6.07 Å². The van der Waals surface area contributed by atoms with Crippen molar-refractivity contribution in [1.82, 2.24) is 0 Å². The van der Waals surface area contributed by atoms with Crippen molar-refractivity contribution in [3.05, 3.63) is 43.0 Å². The monoisotopic (exact) mass is 389 g/mol. The molecule has 0 fully saturated rings. The molecule has 2 aromatic rings. The average Bonchev–Trinajstić information content (AvgIpc) is 2.73. The van der Waals surface area contributed by atoms with Crippen LogP contribution in [-0.4, -0.2) is 7.11 Å². The number of hydrogen-bond donors (Lipinski definition) is 1. The molecule has 0 amide bonds. The third-order valence-corrected chi connectivity index (χ3v) is 4.98. The van der Waals surface area contributed by atoms with Crippen molar-refractivity contribution in [2.24, 2.45) is 0 Å². The minimum absolute atomic E-state index is 0.789. The van der Waals surface area contributed by atoms with E-state index in [0.717, 1.165) is 32.5 Å². The van der Waals surface area contributed by atoms with Gasteiger partial charge in [0.2, 0.25) is 0 Å². The Morgan fingerprint density at radius 3 is 2.72 bits per heavy atom. The number of nitrogens with one attached hydrogen (secondary N) is 1. The van der Waals surface area contributed by atoms with Crippen molar-refractivity contribution in [3.63, 3.8) is 0 Å². The van der Waals surface area contributed by atoms with Crippen LogP contribution in [0.25, 0.3) is 0 Å². The standard InChI is InChI=1S/C13H13Br2NOS/c1-8-5-9(14)6-11(17-2)13(8)16-7-12-10(15)3-4-18-12/h3-6,16H,7H2,1-2H3. The summed E-state index contributed by atoms with van der Waals surface area (Å²) in [5.41, 5.74) is 2.20. The van der Waals surface area contributed by atoms with Gasteiger partial charge in [-0.25, -0.2) is 0 Å². The molecule has 0 aliphatic carbocycles. The smallest absolute Gasteiger partial charge is 0.143 e. The molecule has 1 heterocycles. The first-order valence-electron chi connectivity index (χ1n) is 5.41. The lowest BCUT2D eigenvalue weighted by Gasteiger charge is -2.14. The Hall–Kier alpha value is -0.520. The maximum Gasteiger partial charge on any atom is 0.143 e. The van der Waals surface area contributed by atoms with Crippen LogP contribution in [0.5, 0.6) is 5.75 Å². The number of anilines is 1. The number of aryl methyl sites for hydroxylation is 1. The second-order valence-electron chi connectivity index (χ2n) is 3.85. The van der Waals surface area contributed by atoms with Crippen molar-refractivity contribution in [3.8, 4) is 5.75 Å². The van der Waals surface area contributed by atoms with Crippen LogP contribution in [0.3, 0.4) is 0 Å². The molecule has 96 valence electrons. The van der Waals surface area contributed by atoms with Gasteiger partial charge < -0.3 is 10.1 Å². The van der Waals surface area contributed by atoms with Crippen LogP contribution in [0.2, 0.25) is 0 Å². The quantitative estimate of drug-likeness (QED) is 0.774. The highest BCUT2D eigenvalue weighted by molar-refractivity contribution is 9.10. The summed E-state index contributed by atoms with van der Waals surface area (Å²) in [6, 6.07) is 6.11. The van der Waals surface area contributed by atoms with Gasteiger partial charge in [-0.05, 0) is 52.0 Å². The van der Waals surface area contributed by atoms with Crippen LogP contribution >= 0.6 is 43.2 Å². The van der Waals surface area contributed by atoms with E-state index in [9.17, 15) is 0 Å². The van der Waals surface area contributed by atoms with Gasteiger partial charge in [-0.2, -0.15) is 0 Å². The van der Waals surface area contributed by atoms with Gasteiger partial charge in [0.25, 0.3) is 0 Å². The zero-order valence-electron chi connectivity index (χ0n) is 10.1. The number of halogens is 2. The Labute approximate surface area is 128 Å². The molecule has 1 N–H and O–H groups in total. The van der Waals surface area contributed by atoms with Crippen LogP contribution < -0.4 is 10.1 Å². The fourth-order valence-corrected chi connectivity index (χ4v) is 3.70. The van der Waals surface area contributed by atoms with Gasteiger partial charge >= 0.3 is 0 Å². The summed E-state index contributed by atoms with van der Waals surface area (Å²) in [5, 5.41) is 5.51. The Morgan fingerprint density at radius 1 is 1.33 bits per heavy atom. The van der Waals surface area contributed by atoms with Gasteiger partial charge in [0.15, 0.2) is 0 Å². The summed E-state index contributed by atoms with van der Waals surface area (Å²) in [7, 11) is 1.69. The molecule has 1 aromatic carbocycles. The molecule has 0 atom stereocenters. The minimum atomic E-state index is 0.789. The molecule has 5 heteroatoms. The van der Waals surface area contributed by atoms with Gasteiger partial charge in [0, 0.05) is 13.8 Å². The van der Waals surface area contributed by atoms with Crippen molar-refractivity contribution in [2.45, 2.75) is 13.5 Å². The lowest BCUT2D eigenvalue weighted by Crippen LogP contribution is -2.02. The number of hydrogen-bond acceptors (Lipinski definition) is 3. The Kier molecular flexibility index (Phi) is 4.70. The van der Waals surface area contributed by atoms with Gasteiger partial charge in [-0.1, -0.05) is 15.9 Å². The predicted molar refractivity (Wildman–Crippen MR) is 84.8 cm³/mol. The summed E-state index contributed by atoms with van der Waals surface area (Å²) in [6.45, 7) is 2.86. The molecule has 0 saturated heterocycles. The molecule has 0 unspecified atom stereocenters. The normalized spacial score (nSPS) is 10.4. The highest BCUT2D eigenvalue weighted by atomic mass is 79.9. The fourth-order valence-electron chi connectivity index (χ4n) is 1.72. The Bertz CT molecular complexity index is 554. The molecule has 0 aliphatic rings. The maximum absolute atomic E-state index is 5.41. The van der Waals surface area contributed by atoms with E-state index in [-0.39, 0.29) is 0 Å². The lowest BCUT2D eigenvalue weighted by atomic mass is 10.2. The topological polar surface area (TPSA) is 21.3 Å². The molecule has 1 aromatic heterocycles. The number of benzene rings is 1. The van der Waals surface area contributed by atoms with Crippen molar-refractivity contribution in [1.29, 1.82) is 0 Å². The van der Waals surface area contributed by atoms with Crippen molar-refractivity contribution >= 4 is 48.9 Å². The fraction of sp³-hybridized carbons (Fsp3) is 0.231. The third-order valence-electron chi connectivity index (χ3n) is 2.60. The van der Waals surface area contributed by atoms with Crippen molar-refractivity contribution < 1.29 is 4.74 Å². The summed E-state index contributed by atoms with van der Waals surface area (Å²) >= 11 is 8.75. The van der Waals surface area contributed by atoms with Gasteiger partial charge in [0.05, 0.1) is 19.3 Å². The van der Waals surface area contributed by atoms with Gasteiger partial charge in [-0.15, -0.1) is 11.3 Å². The van der Waals surface area contributed by atoms with E-state index < -0.39 is 0 Å². The van der Waals surface area contributed by atoms with E-state index in [0.29, 0.717) is 0 Å². The second-order valence-corrected chi connectivity index (χ2v) is 6.62.